The topological polar surface area (TPSA) is 61.9 Å². The highest BCUT2D eigenvalue weighted by molar-refractivity contribution is 6.06. The Morgan fingerprint density at radius 3 is 2.32 bits per heavy atom. The van der Waals surface area contributed by atoms with Crippen molar-refractivity contribution in [2.24, 2.45) is 0 Å². The predicted octanol–water partition coefficient (Wildman–Crippen LogP) is 4.83. The first-order valence-electron chi connectivity index (χ1n) is 12.8. The third-order valence-corrected chi connectivity index (χ3v) is 6.63. The van der Waals surface area contributed by atoms with E-state index < -0.39 is 5.82 Å². The maximum atomic E-state index is 13.8. The fourth-order valence-corrected chi connectivity index (χ4v) is 4.55. The number of anilines is 1. The number of halogens is 1. The van der Waals surface area contributed by atoms with Crippen LogP contribution in [0.5, 0.6) is 5.75 Å². The SMILES string of the molecule is COc1ccc(CN(C(=O)c2cccc(F)c2)c2ccc(CC(=O)NCCN3CCCCC3)cc2)cc1. The Morgan fingerprint density at radius 1 is 0.946 bits per heavy atom. The number of methoxy groups -OCH3 is 1. The number of benzene rings is 3. The standard InChI is InChI=1S/C30H34FN3O3/c1-37-28-14-10-24(11-15-28)22-34(30(36)25-6-5-7-26(31)21-25)27-12-8-23(9-13-27)20-29(35)32-16-19-33-17-3-2-4-18-33/h5-15,21H,2-4,16-20,22H2,1H3,(H,32,35). The first-order valence-corrected chi connectivity index (χ1v) is 12.8. The van der Waals surface area contributed by atoms with Crippen molar-refractivity contribution < 1.29 is 18.7 Å². The maximum absolute atomic E-state index is 13.8. The van der Waals surface area contributed by atoms with Crippen LogP contribution in [0.25, 0.3) is 0 Å². The van der Waals surface area contributed by atoms with Gasteiger partial charge in [-0.2, -0.15) is 0 Å². The number of ether oxygens (including phenoxy) is 1. The normalized spacial score (nSPS) is 13.7. The summed E-state index contributed by atoms with van der Waals surface area (Å²) in [4.78, 5) is 29.9. The number of nitrogens with one attached hydrogen (secondary N) is 1. The second-order valence-corrected chi connectivity index (χ2v) is 9.35. The lowest BCUT2D eigenvalue weighted by molar-refractivity contribution is -0.120. The number of hydrogen-bond donors (Lipinski definition) is 1. The summed E-state index contributed by atoms with van der Waals surface area (Å²) in [6.45, 7) is 4.05. The van der Waals surface area contributed by atoms with Crippen LogP contribution in [0, 0.1) is 5.82 Å². The molecule has 1 fully saturated rings. The van der Waals surface area contributed by atoms with Crippen LogP contribution in [-0.4, -0.2) is 50.0 Å². The molecule has 0 atom stereocenters. The molecule has 0 unspecified atom stereocenters. The molecular formula is C30H34FN3O3. The highest BCUT2D eigenvalue weighted by Gasteiger charge is 2.19. The molecule has 0 bridgehead atoms. The van der Waals surface area contributed by atoms with Crippen LogP contribution in [0.2, 0.25) is 0 Å². The van der Waals surface area contributed by atoms with Crippen LogP contribution in [0.4, 0.5) is 10.1 Å². The molecule has 7 heteroatoms. The summed E-state index contributed by atoms with van der Waals surface area (Å²) < 4.78 is 19.1. The van der Waals surface area contributed by atoms with E-state index in [9.17, 15) is 14.0 Å². The number of carbonyl (C=O) groups excluding carboxylic acids is 2. The number of carbonyl (C=O) groups is 2. The lowest BCUT2D eigenvalue weighted by atomic mass is 10.1. The van der Waals surface area contributed by atoms with Crippen LogP contribution < -0.4 is 15.0 Å². The zero-order valence-corrected chi connectivity index (χ0v) is 21.3. The molecule has 0 aromatic heterocycles. The Balaban J connectivity index is 1.43. The summed E-state index contributed by atoms with van der Waals surface area (Å²) in [7, 11) is 1.60. The molecular weight excluding hydrogens is 469 g/mol. The van der Waals surface area contributed by atoms with Gasteiger partial charge in [0, 0.05) is 24.3 Å². The van der Waals surface area contributed by atoms with Crippen LogP contribution in [-0.2, 0) is 17.8 Å². The van der Waals surface area contributed by atoms with Gasteiger partial charge in [-0.15, -0.1) is 0 Å². The summed E-state index contributed by atoms with van der Waals surface area (Å²) in [6, 6.07) is 20.5. The fraction of sp³-hybridized carbons (Fsp3) is 0.333. The second kappa shape index (κ2) is 13.0. The van der Waals surface area contributed by atoms with Gasteiger partial charge in [-0.05, 0) is 79.5 Å². The van der Waals surface area contributed by atoms with Crippen molar-refractivity contribution >= 4 is 17.5 Å². The second-order valence-electron chi connectivity index (χ2n) is 9.35. The van der Waals surface area contributed by atoms with E-state index in [1.54, 1.807) is 18.1 Å². The summed E-state index contributed by atoms with van der Waals surface area (Å²) in [5.41, 5.74) is 2.70. The highest BCUT2D eigenvalue weighted by Crippen LogP contribution is 2.23. The predicted molar refractivity (Wildman–Crippen MR) is 143 cm³/mol. The first-order chi connectivity index (χ1) is 18.0. The maximum Gasteiger partial charge on any atom is 0.258 e. The van der Waals surface area contributed by atoms with E-state index >= 15 is 0 Å². The Bertz CT molecular complexity index is 1180. The summed E-state index contributed by atoms with van der Waals surface area (Å²) >= 11 is 0. The number of nitrogens with zero attached hydrogens (tertiary/aromatic N) is 2. The van der Waals surface area contributed by atoms with Gasteiger partial charge in [-0.3, -0.25) is 9.59 Å². The van der Waals surface area contributed by atoms with Crippen LogP contribution >= 0.6 is 0 Å². The van der Waals surface area contributed by atoms with Crippen molar-refractivity contribution in [1.29, 1.82) is 0 Å². The quantitative estimate of drug-likeness (QED) is 0.431. The van der Waals surface area contributed by atoms with Crippen molar-refractivity contribution in [1.82, 2.24) is 10.2 Å². The third-order valence-electron chi connectivity index (χ3n) is 6.63. The highest BCUT2D eigenvalue weighted by atomic mass is 19.1. The molecule has 2 amide bonds. The lowest BCUT2D eigenvalue weighted by Crippen LogP contribution is -2.38. The number of rotatable bonds is 10. The van der Waals surface area contributed by atoms with E-state index in [1.807, 2.05) is 48.5 Å². The molecule has 37 heavy (non-hydrogen) atoms. The van der Waals surface area contributed by atoms with Gasteiger partial charge < -0.3 is 19.9 Å². The van der Waals surface area contributed by atoms with E-state index in [-0.39, 0.29) is 23.8 Å². The molecule has 0 saturated carbocycles. The van der Waals surface area contributed by atoms with Crippen molar-refractivity contribution in [2.75, 3.05) is 38.2 Å². The van der Waals surface area contributed by atoms with Crippen molar-refractivity contribution in [3.8, 4) is 5.75 Å². The number of piperidine rings is 1. The molecule has 0 aliphatic carbocycles. The minimum atomic E-state index is -0.461. The zero-order valence-electron chi connectivity index (χ0n) is 21.3. The Morgan fingerprint density at radius 2 is 1.65 bits per heavy atom. The summed E-state index contributed by atoms with van der Waals surface area (Å²) in [5.74, 6) is -0.0589. The Labute approximate surface area is 218 Å². The number of amides is 2. The van der Waals surface area contributed by atoms with Gasteiger partial charge in [-0.1, -0.05) is 36.8 Å². The van der Waals surface area contributed by atoms with Crippen molar-refractivity contribution in [3.05, 3.63) is 95.3 Å². The van der Waals surface area contributed by atoms with Gasteiger partial charge >= 0.3 is 0 Å². The fourth-order valence-electron chi connectivity index (χ4n) is 4.55. The van der Waals surface area contributed by atoms with Crippen molar-refractivity contribution in [2.45, 2.75) is 32.2 Å². The van der Waals surface area contributed by atoms with Crippen LogP contribution in [0.15, 0.2) is 72.8 Å². The lowest BCUT2D eigenvalue weighted by Gasteiger charge is -2.26. The van der Waals surface area contributed by atoms with Crippen LogP contribution in [0.3, 0.4) is 0 Å². The number of hydrogen-bond acceptors (Lipinski definition) is 4. The average Bonchev–Trinajstić information content (AvgIpc) is 2.93. The van der Waals surface area contributed by atoms with Gasteiger partial charge in [0.1, 0.15) is 11.6 Å². The summed E-state index contributed by atoms with van der Waals surface area (Å²) in [5, 5.41) is 3.01. The molecule has 3 aromatic carbocycles. The molecule has 1 N–H and O–H groups in total. The van der Waals surface area contributed by atoms with Gasteiger partial charge in [0.15, 0.2) is 0 Å². The molecule has 194 valence electrons. The Hall–Kier alpha value is -3.71. The minimum Gasteiger partial charge on any atom is -0.497 e. The van der Waals surface area contributed by atoms with Gasteiger partial charge in [-0.25, -0.2) is 4.39 Å². The Kier molecular flexibility index (Phi) is 9.27. The van der Waals surface area contributed by atoms with Gasteiger partial charge in [0.2, 0.25) is 5.91 Å². The molecule has 0 radical (unpaired) electrons. The van der Waals surface area contributed by atoms with Gasteiger partial charge in [0.25, 0.3) is 5.91 Å². The zero-order chi connectivity index (χ0) is 26.0. The molecule has 0 spiro atoms. The smallest absolute Gasteiger partial charge is 0.258 e. The van der Waals surface area contributed by atoms with E-state index in [2.05, 4.69) is 10.2 Å². The summed E-state index contributed by atoms with van der Waals surface area (Å²) in [6.07, 6.45) is 4.04. The monoisotopic (exact) mass is 503 g/mol. The average molecular weight is 504 g/mol. The molecule has 1 heterocycles. The molecule has 1 aliphatic rings. The van der Waals surface area contributed by atoms with E-state index in [1.165, 1.54) is 37.5 Å². The number of likely N-dealkylation sites (tertiary alicyclic amines) is 1. The largest absolute Gasteiger partial charge is 0.497 e. The van der Waals surface area contributed by atoms with Crippen LogP contribution in [0.1, 0.15) is 40.7 Å². The minimum absolute atomic E-state index is 0.0179. The van der Waals surface area contributed by atoms with E-state index in [0.29, 0.717) is 18.8 Å². The molecule has 3 aromatic rings. The van der Waals surface area contributed by atoms with E-state index in [4.69, 9.17) is 4.74 Å². The first kappa shape index (κ1) is 26.4. The third kappa shape index (κ3) is 7.64. The molecule has 1 saturated heterocycles. The molecule has 1 aliphatic heterocycles. The van der Waals surface area contributed by atoms with E-state index in [0.717, 1.165) is 36.5 Å². The molecule has 4 rings (SSSR count). The van der Waals surface area contributed by atoms with Gasteiger partial charge in [0.05, 0.1) is 20.1 Å². The molecule has 6 nitrogen and oxygen atoms in total. The van der Waals surface area contributed by atoms with Crippen molar-refractivity contribution in [3.63, 3.8) is 0 Å².